The molecule has 0 saturated heterocycles. The van der Waals surface area contributed by atoms with E-state index >= 15 is 0 Å². The SMILES string of the molecule is CCN(CC(C)CN)C(=O)c1ccnnc1. The van der Waals surface area contributed by atoms with Gasteiger partial charge in [-0.3, -0.25) is 4.79 Å². The highest BCUT2D eigenvalue weighted by atomic mass is 16.2. The van der Waals surface area contributed by atoms with Crippen LogP contribution in [0.1, 0.15) is 24.2 Å². The highest BCUT2D eigenvalue weighted by Gasteiger charge is 2.16. The molecule has 5 nitrogen and oxygen atoms in total. The van der Waals surface area contributed by atoms with Gasteiger partial charge in [0, 0.05) is 13.1 Å². The summed E-state index contributed by atoms with van der Waals surface area (Å²) in [6.45, 7) is 5.91. The lowest BCUT2D eigenvalue weighted by Gasteiger charge is -2.23. The van der Waals surface area contributed by atoms with Crippen molar-refractivity contribution in [3.63, 3.8) is 0 Å². The fraction of sp³-hybridized carbons (Fsp3) is 0.545. The van der Waals surface area contributed by atoms with Crippen LogP contribution in [0.5, 0.6) is 0 Å². The van der Waals surface area contributed by atoms with E-state index in [1.807, 2.05) is 13.8 Å². The molecular formula is C11H18N4O. The van der Waals surface area contributed by atoms with Gasteiger partial charge in [-0.25, -0.2) is 0 Å². The molecule has 5 heteroatoms. The Labute approximate surface area is 95.7 Å². The third-order valence-electron chi connectivity index (χ3n) is 2.43. The molecule has 88 valence electrons. The van der Waals surface area contributed by atoms with Crippen LogP contribution in [0.25, 0.3) is 0 Å². The number of hydrogen-bond acceptors (Lipinski definition) is 4. The van der Waals surface area contributed by atoms with Crippen LogP contribution in [-0.2, 0) is 0 Å². The first-order valence-electron chi connectivity index (χ1n) is 5.45. The van der Waals surface area contributed by atoms with E-state index < -0.39 is 0 Å². The second-order valence-corrected chi connectivity index (χ2v) is 3.82. The Balaban J connectivity index is 2.70. The third-order valence-corrected chi connectivity index (χ3v) is 2.43. The zero-order chi connectivity index (χ0) is 12.0. The molecule has 1 aromatic heterocycles. The molecule has 0 radical (unpaired) electrons. The Kier molecular flexibility index (Phi) is 4.85. The first-order valence-corrected chi connectivity index (χ1v) is 5.45. The van der Waals surface area contributed by atoms with Crippen molar-refractivity contribution in [3.05, 3.63) is 24.0 Å². The van der Waals surface area contributed by atoms with Crippen molar-refractivity contribution >= 4 is 5.91 Å². The zero-order valence-corrected chi connectivity index (χ0v) is 9.76. The average molecular weight is 222 g/mol. The first kappa shape index (κ1) is 12.6. The second-order valence-electron chi connectivity index (χ2n) is 3.82. The summed E-state index contributed by atoms with van der Waals surface area (Å²) in [5.74, 6) is 0.288. The molecule has 2 N–H and O–H groups in total. The molecule has 0 fully saturated rings. The van der Waals surface area contributed by atoms with Gasteiger partial charge in [-0.1, -0.05) is 6.92 Å². The van der Waals surface area contributed by atoms with Crippen molar-refractivity contribution in [3.8, 4) is 0 Å². The van der Waals surface area contributed by atoms with E-state index in [4.69, 9.17) is 5.73 Å². The maximum Gasteiger partial charge on any atom is 0.255 e. The maximum atomic E-state index is 12.0. The Bertz CT molecular complexity index is 328. The summed E-state index contributed by atoms with van der Waals surface area (Å²) < 4.78 is 0. The third kappa shape index (κ3) is 3.27. The number of nitrogens with two attached hydrogens (primary N) is 1. The Hall–Kier alpha value is -1.49. The lowest BCUT2D eigenvalue weighted by atomic mass is 10.1. The van der Waals surface area contributed by atoms with E-state index in [9.17, 15) is 4.79 Å². The minimum Gasteiger partial charge on any atom is -0.339 e. The van der Waals surface area contributed by atoms with Crippen molar-refractivity contribution in [2.45, 2.75) is 13.8 Å². The summed E-state index contributed by atoms with van der Waals surface area (Å²) in [4.78, 5) is 13.8. The molecule has 0 aliphatic carbocycles. The van der Waals surface area contributed by atoms with Crippen LogP contribution >= 0.6 is 0 Å². The van der Waals surface area contributed by atoms with Crippen molar-refractivity contribution in [2.24, 2.45) is 11.7 Å². The van der Waals surface area contributed by atoms with Gasteiger partial charge in [0.15, 0.2) is 0 Å². The molecule has 16 heavy (non-hydrogen) atoms. The predicted molar refractivity (Wildman–Crippen MR) is 61.8 cm³/mol. The number of amides is 1. The summed E-state index contributed by atoms with van der Waals surface area (Å²) in [5.41, 5.74) is 6.12. The summed E-state index contributed by atoms with van der Waals surface area (Å²) in [7, 11) is 0. The smallest absolute Gasteiger partial charge is 0.255 e. The summed E-state index contributed by atoms with van der Waals surface area (Å²) in [5, 5.41) is 7.35. The van der Waals surface area contributed by atoms with Crippen molar-refractivity contribution in [2.75, 3.05) is 19.6 Å². The van der Waals surface area contributed by atoms with Gasteiger partial charge in [0.05, 0.1) is 18.0 Å². The standard InChI is InChI=1S/C11H18N4O/c1-3-15(8-9(2)6-12)11(16)10-4-5-13-14-7-10/h4-5,7,9H,3,6,8,12H2,1-2H3. The predicted octanol–water partition coefficient (Wildman–Crippen LogP) is 0.533. The van der Waals surface area contributed by atoms with E-state index in [1.54, 1.807) is 11.0 Å². The largest absolute Gasteiger partial charge is 0.339 e. The van der Waals surface area contributed by atoms with Gasteiger partial charge in [-0.2, -0.15) is 10.2 Å². The summed E-state index contributed by atoms with van der Waals surface area (Å²) in [6.07, 6.45) is 3.01. The number of hydrogen-bond donors (Lipinski definition) is 1. The monoisotopic (exact) mass is 222 g/mol. The number of carbonyl (C=O) groups is 1. The molecule has 1 rings (SSSR count). The van der Waals surface area contributed by atoms with Crippen LogP contribution < -0.4 is 5.73 Å². The van der Waals surface area contributed by atoms with E-state index in [0.29, 0.717) is 31.1 Å². The molecule has 0 spiro atoms. The van der Waals surface area contributed by atoms with Gasteiger partial charge in [-0.05, 0) is 25.5 Å². The molecule has 1 amide bonds. The van der Waals surface area contributed by atoms with E-state index in [-0.39, 0.29) is 5.91 Å². The Morgan fingerprint density at radius 2 is 2.31 bits per heavy atom. The van der Waals surface area contributed by atoms with Crippen LogP contribution in [0.2, 0.25) is 0 Å². The van der Waals surface area contributed by atoms with E-state index in [1.165, 1.54) is 12.4 Å². The highest BCUT2D eigenvalue weighted by Crippen LogP contribution is 2.05. The zero-order valence-electron chi connectivity index (χ0n) is 9.76. The number of aromatic nitrogens is 2. The highest BCUT2D eigenvalue weighted by molar-refractivity contribution is 5.93. The molecule has 1 heterocycles. The van der Waals surface area contributed by atoms with Crippen molar-refractivity contribution in [1.29, 1.82) is 0 Å². The van der Waals surface area contributed by atoms with Crippen LogP contribution in [0.3, 0.4) is 0 Å². The molecule has 1 atom stereocenters. The topological polar surface area (TPSA) is 72.1 Å². The molecule has 1 unspecified atom stereocenters. The minimum atomic E-state index is -0.0160. The van der Waals surface area contributed by atoms with Gasteiger partial charge < -0.3 is 10.6 Å². The normalized spacial score (nSPS) is 12.2. The fourth-order valence-electron chi connectivity index (χ4n) is 1.41. The molecule has 0 bridgehead atoms. The van der Waals surface area contributed by atoms with Crippen LogP contribution in [-0.4, -0.2) is 40.6 Å². The van der Waals surface area contributed by atoms with E-state index in [0.717, 1.165) is 0 Å². The quantitative estimate of drug-likeness (QED) is 0.789. The number of rotatable bonds is 5. The van der Waals surface area contributed by atoms with Gasteiger partial charge in [0.2, 0.25) is 0 Å². The van der Waals surface area contributed by atoms with Gasteiger partial charge in [0.1, 0.15) is 0 Å². The molecular weight excluding hydrogens is 204 g/mol. The maximum absolute atomic E-state index is 12.0. The van der Waals surface area contributed by atoms with Crippen LogP contribution in [0.15, 0.2) is 18.5 Å². The lowest BCUT2D eigenvalue weighted by molar-refractivity contribution is 0.0743. The first-order chi connectivity index (χ1) is 7.69. The Morgan fingerprint density at radius 3 is 2.81 bits per heavy atom. The molecule has 0 aromatic carbocycles. The average Bonchev–Trinajstić information content (AvgIpc) is 2.35. The minimum absolute atomic E-state index is 0.0160. The van der Waals surface area contributed by atoms with Gasteiger partial charge >= 0.3 is 0 Å². The van der Waals surface area contributed by atoms with Gasteiger partial charge in [0.25, 0.3) is 5.91 Å². The molecule has 0 saturated carbocycles. The van der Waals surface area contributed by atoms with E-state index in [2.05, 4.69) is 10.2 Å². The van der Waals surface area contributed by atoms with Crippen molar-refractivity contribution < 1.29 is 4.79 Å². The van der Waals surface area contributed by atoms with Crippen molar-refractivity contribution in [1.82, 2.24) is 15.1 Å². The summed E-state index contributed by atoms with van der Waals surface area (Å²) in [6, 6.07) is 1.67. The molecule has 1 aromatic rings. The fourth-order valence-corrected chi connectivity index (χ4v) is 1.41. The number of nitrogens with zero attached hydrogens (tertiary/aromatic N) is 3. The number of carbonyl (C=O) groups excluding carboxylic acids is 1. The van der Waals surface area contributed by atoms with Crippen LogP contribution in [0, 0.1) is 5.92 Å². The summed E-state index contributed by atoms with van der Waals surface area (Å²) >= 11 is 0. The second kappa shape index (κ2) is 6.17. The molecule has 0 aliphatic heterocycles. The van der Waals surface area contributed by atoms with Crippen LogP contribution in [0.4, 0.5) is 0 Å². The lowest BCUT2D eigenvalue weighted by Crippen LogP contribution is -2.36. The van der Waals surface area contributed by atoms with Gasteiger partial charge in [-0.15, -0.1) is 0 Å². The Morgan fingerprint density at radius 1 is 1.56 bits per heavy atom. The molecule has 0 aliphatic rings.